The van der Waals surface area contributed by atoms with Gasteiger partial charge in [0.2, 0.25) is 5.91 Å². The number of carbonyl (C=O) groups is 2. The van der Waals surface area contributed by atoms with Crippen LogP contribution < -0.4 is 11.1 Å². The molecule has 1 atom stereocenters. The third kappa shape index (κ3) is 4.79. The molecule has 108 valence electrons. The molecule has 0 aliphatic carbocycles. The normalized spacial score (nSPS) is 11.7. The number of carbonyl (C=O) groups excluding carboxylic acids is 2. The van der Waals surface area contributed by atoms with E-state index < -0.39 is 29.5 Å². The van der Waals surface area contributed by atoms with Crippen molar-refractivity contribution in [2.75, 3.05) is 0 Å². The molecule has 20 heavy (non-hydrogen) atoms. The molecule has 0 spiro atoms. The number of halogens is 2. The van der Waals surface area contributed by atoms with Crippen molar-refractivity contribution in [3.63, 3.8) is 0 Å². The van der Waals surface area contributed by atoms with E-state index in [2.05, 4.69) is 11.9 Å². The lowest BCUT2D eigenvalue weighted by atomic mass is 10.1. The lowest BCUT2D eigenvalue weighted by Gasteiger charge is -2.15. The van der Waals surface area contributed by atoms with E-state index >= 15 is 0 Å². The van der Waals surface area contributed by atoms with E-state index in [0.717, 1.165) is 12.1 Å². The van der Waals surface area contributed by atoms with Gasteiger partial charge < -0.3 is 11.1 Å². The molecule has 1 aromatic rings. The van der Waals surface area contributed by atoms with Crippen LogP contribution in [0.15, 0.2) is 30.9 Å². The van der Waals surface area contributed by atoms with Crippen LogP contribution in [0.5, 0.6) is 0 Å². The largest absolute Gasteiger partial charge is 0.368 e. The number of rotatable bonds is 7. The molecule has 0 saturated heterocycles. The highest BCUT2D eigenvalue weighted by molar-refractivity contribution is 5.97. The van der Waals surface area contributed by atoms with Gasteiger partial charge in [-0.05, 0) is 31.4 Å². The molecule has 0 heterocycles. The summed E-state index contributed by atoms with van der Waals surface area (Å²) in [6.07, 6.45) is 3.32. The number of allylic oxidation sites excluding steroid dienone is 1. The molecule has 0 saturated carbocycles. The van der Waals surface area contributed by atoms with Crippen molar-refractivity contribution in [3.05, 3.63) is 48.1 Å². The fraction of sp³-hybridized carbons (Fsp3) is 0.286. The van der Waals surface area contributed by atoms with Crippen molar-refractivity contribution in [3.8, 4) is 0 Å². The smallest absolute Gasteiger partial charge is 0.252 e. The molecule has 0 aromatic heterocycles. The molecular formula is C14H16F2N2O2. The van der Waals surface area contributed by atoms with E-state index in [1.165, 1.54) is 0 Å². The van der Waals surface area contributed by atoms with Crippen molar-refractivity contribution < 1.29 is 18.4 Å². The Balaban J connectivity index is 2.74. The van der Waals surface area contributed by atoms with Crippen molar-refractivity contribution in [2.45, 2.75) is 25.3 Å². The zero-order valence-electron chi connectivity index (χ0n) is 10.9. The second-order valence-electron chi connectivity index (χ2n) is 4.31. The Morgan fingerprint density at radius 3 is 2.40 bits per heavy atom. The highest BCUT2D eigenvalue weighted by Gasteiger charge is 2.19. The van der Waals surface area contributed by atoms with Crippen LogP contribution in [0, 0.1) is 11.6 Å². The number of unbranched alkanes of at least 4 members (excludes halogenated alkanes) is 1. The van der Waals surface area contributed by atoms with Crippen LogP contribution in [-0.2, 0) is 4.79 Å². The highest BCUT2D eigenvalue weighted by atomic mass is 19.1. The van der Waals surface area contributed by atoms with E-state index in [1.54, 1.807) is 6.08 Å². The van der Waals surface area contributed by atoms with Crippen molar-refractivity contribution >= 4 is 11.8 Å². The molecule has 1 aromatic carbocycles. The fourth-order valence-electron chi connectivity index (χ4n) is 1.68. The molecule has 0 fully saturated rings. The minimum atomic E-state index is -0.881. The van der Waals surface area contributed by atoms with Crippen LogP contribution in [0.4, 0.5) is 8.78 Å². The predicted octanol–water partition coefficient (Wildman–Crippen LogP) is 1.90. The van der Waals surface area contributed by atoms with Crippen molar-refractivity contribution in [1.82, 2.24) is 5.32 Å². The third-order valence-electron chi connectivity index (χ3n) is 2.67. The Morgan fingerprint density at radius 2 is 1.90 bits per heavy atom. The Hall–Kier alpha value is -2.24. The number of primary amides is 1. The van der Waals surface area contributed by atoms with Gasteiger partial charge in [-0.25, -0.2) is 8.78 Å². The lowest BCUT2D eigenvalue weighted by Crippen LogP contribution is -2.44. The number of hydrogen-bond donors (Lipinski definition) is 2. The average molecular weight is 282 g/mol. The molecular weight excluding hydrogens is 266 g/mol. The maximum absolute atomic E-state index is 13.0. The number of hydrogen-bond acceptors (Lipinski definition) is 2. The van der Waals surface area contributed by atoms with Crippen LogP contribution in [0.25, 0.3) is 0 Å². The van der Waals surface area contributed by atoms with Crippen LogP contribution in [-0.4, -0.2) is 17.9 Å². The van der Waals surface area contributed by atoms with Crippen molar-refractivity contribution in [1.29, 1.82) is 0 Å². The van der Waals surface area contributed by atoms with E-state index in [9.17, 15) is 18.4 Å². The third-order valence-corrected chi connectivity index (χ3v) is 2.67. The molecule has 0 unspecified atom stereocenters. The zero-order chi connectivity index (χ0) is 15.1. The first-order valence-corrected chi connectivity index (χ1v) is 6.11. The second kappa shape index (κ2) is 7.37. The van der Waals surface area contributed by atoms with Gasteiger partial charge in [-0.2, -0.15) is 0 Å². The van der Waals surface area contributed by atoms with Gasteiger partial charge in [0.25, 0.3) is 5.91 Å². The van der Waals surface area contributed by atoms with Gasteiger partial charge in [0.15, 0.2) is 0 Å². The van der Waals surface area contributed by atoms with Crippen LogP contribution in [0.1, 0.15) is 29.6 Å². The van der Waals surface area contributed by atoms with Gasteiger partial charge in [-0.3, -0.25) is 9.59 Å². The number of benzene rings is 1. The summed E-state index contributed by atoms with van der Waals surface area (Å²) in [5, 5.41) is 2.36. The molecule has 0 bridgehead atoms. The summed E-state index contributed by atoms with van der Waals surface area (Å²) in [6, 6.07) is 1.56. The van der Waals surface area contributed by atoms with Crippen molar-refractivity contribution in [2.24, 2.45) is 5.73 Å². The summed E-state index contributed by atoms with van der Waals surface area (Å²) in [6.45, 7) is 3.54. The summed E-state index contributed by atoms with van der Waals surface area (Å²) in [5.41, 5.74) is 4.98. The fourth-order valence-corrected chi connectivity index (χ4v) is 1.68. The summed E-state index contributed by atoms with van der Waals surface area (Å²) in [7, 11) is 0. The second-order valence-corrected chi connectivity index (χ2v) is 4.31. The number of nitrogens with two attached hydrogens (primary N) is 1. The first kappa shape index (κ1) is 15.8. The molecule has 0 aliphatic rings. The van der Waals surface area contributed by atoms with Crippen LogP contribution in [0.2, 0.25) is 0 Å². The van der Waals surface area contributed by atoms with Gasteiger partial charge in [-0.1, -0.05) is 6.08 Å². The van der Waals surface area contributed by atoms with Gasteiger partial charge in [0.1, 0.15) is 17.7 Å². The Morgan fingerprint density at radius 1 is 1.30 bits per heavy atom. The lowest BCUT2D eigenvalue weighted by molar-refractivity contribution is -0.120. The van der Waals surface area contributed by atoms with Gasteiger partial charge in [-0.15, -0.1) is 6.58 Å². The molecule has 1 rings (SSSR count). The Kier molecular flexibility index (Phi) is 5.83. The SMILES string of the molecule is C=CCCC[C@@H](NC(=O)c1cc(F)cc(F)c1)C(N)=O. The topological polar surface area (TPSA) is 72.2 Å². The summed E-state index contributed by atoms with van der Waals surface area (Å²) < 4.78 is 26.0. The van der Waals surface area contributed by atoms with E-state index in [-0.39, 0.29) is 5.56 Å². The molecule has 3 N–H and O–H groups in total. The standard InChI is InChI=1S/C14H16F2N2O2/c1-2-3-4-5-12(13(17)19)18-14(20)9-6-10(15)8-11(16)7-9/h2,6-8,12H,1,3-5H2,(H2,17,19)(H,18,20)/t12-/m1/s1. The zero-order valence-corrected chi connectivity index (χ0v) is 10.9. The van der Waals surface area contributed by atoms with Crippen LogP contribution >= 0.6 is 0 Å². The monoisotopic (exact) mass is 282 g/mol. The van der Waals surface area contributed by atoms with Gasteiger partial charge in [0.05, 0.1) is 0 Å². The summed E-state index contributed by atoms with van der Waals surface area (Å²) >= 11 is 0. The summed E-state index contributed by atoms with van der Waals surface area (Å²) in [4.78, 5) is 23.1. The maximum atomic E-state index is 13.0. The summed E-state index contributed by atoms with van der Waals surface area (Å²) in [5.74, 6) is -3.17. The number of amides is 2. The molecule has 2 amide bonds. The minimum Gasteiger partial charge on any atom is -0.368 e. The molecule has 4 nitrogen and oxygen atoms in total. The predicted molar refractivity (Wildman–Crippen MR) is 70.9 cm³/mol. The first-order chi connectivity index (χ1) is 9.43. The average Bonchev–Trinajstić information content (AvgIpc) is 2.36. The number of nitrogens with one attached hydrogen (secondary N) is 1. The maximum Gasteiger partial charge on any atom is 0.252 e. The minimum absolute atomic E-state index is 0.197. The van der Waals surface area contributed by atoms with E-state index in [1.807, 2.05) is 0 Å². The van der Waals surface area contributed by atoms with Gasteiger partial charge in [0, 0.05) is 11.6 Å². The molecule has 0 radical (unpaired) electrons. The van der Waals surface area contributed by atoms with E-state index in [4.69, 9.17) is 5.73 Å². The quantitative estimate of drug-likeness (QED) is 0.592. The van der Waals surface area contributed by atoms with Gasteiger partial charge >= 0.3 is 0 Å². The highest BCUT2D eigenvalue weighted by Crippen LogP contribution is 2.09. The first-order valence-electron chi connectivity index (χ1n) is 6.11. The van der Waals surface area contributed by atoms with E-state index in [0.29, 0.717) is 25.3 Å². The Bertz CT molecular complexity index is 498. The van der Waals surface area contributed by atoms with Crippen LogP contribution in [0.3, 0.4) is 0 Å². The molecule has 6 heteroatoms. The molecule has 0 aliphatic heterocycles. The Labute approximate surface area is 115 Å².